The molecule has 2 N–H and O–H groups in total. The van der Waals surface area contributed by atoms with Gasteiger partial charge in [-0.2, -0.15) is 0 Å². The van der Waals surface area contributed by atoms with Crippen LogP contribution in [0.3, 0.4) is 0 Å². The maximum absolute atomic E-state index is 12.8. The number of hydrogen-bond donors (Lipinski definition) is 2. The first kappa shape index (κ1) is 22.2. The molecule has 0 saturated carbocycles. The van der Waals surface area contributed by atoms with Crippen molar-refractivity contribution in [1.29, 1.82) is 0 Å². The Kier molecular flexibility index (Phi) is 6.60. The van der Waals surface area contributed by atoms with Crippen LogP contribution in [0.4, 0.5) is 5.69 Å². The lowest BCUT2D eigenvalue weighted by molar-refractivity contribution is 0.0951. The minimum absolute atomic E-state index is 0.149. The average molecular weight is 485 g/mol. The van der Waals surface area contributed by atoms with Gasteiger partial charge in [-0.25, -0.2) is 4.99 Å². The highest BCUT2D eigenvalue weighted by molar-refractivity contribution is 7.99. The van der Waals surface area contributed by atoms with Gasteiger partial charge < -0.3 is 10.6 Å². The molecule has 7 heteroatoms. The van der Waals surface area contributed by atoms with Crippen LogP contribution in [0, 0.1) is 0 Å². The number of hydrogen-bond acceptors (Lipinski definition) is 5. The maximum Gasteiger partial charge on any atom is 0.251 e. The van der Waals surface area contributed by atoms with E-state index in [1.165, 1.54) is 0 Å². The van der Waals surface area contributed by atoms with Crippen LogP contribution >= 0.6 is 23.4 Å². The Labute approximate surface area is 207 Å². The second kappa shape index (κ2) is 10.1. The lowest BCUT2D eigenvalue weighted by Gasteiger charge is -2.11. The molecular formula is C27H21ClN4OS. The van der Waals surface area contributed by atoms with E-state index < -0.39 is 0 Å². The second-order valence-electron chi connectivity index (χ2n) is 7.77. The van der Waals surface area contributed by atoms with Crippen molar-refractivity contribution in [3.05, 3.63) is 119 Å². The average Bonchev–Trinajstić information content (AvgIpc) is 3.03. The third-order valence-corrected chi connectivity index (χ3v) is 6.76. The molecule has 4 aromatic rings. The second-order valence-corrected chi connectivity index (χ2v) is 9.29. The summed E-state index contributed by atoms with van der Waals surface area (Å²) >= 11 is 7.67. The van der Waals surface area contributed by atoms with Crippen molar-refractivity contribution in [2.24, 2.45) is 4.99 Å². The first-order chi connectivity index (χ1) is 16.7. The highest BCUT2D eigenvalue weighted by Crippen LogP contribution is 2.40. The number of halogens is 1. The van der Waals surface area contributed by atoms with E-state index in [0.29, 0.717) is 23.7 Å². The molecule has 0 fully saturated rings. The summed E-state index contributed by atoms with van der Waals surface area (Å²) < 4.78 is 0. The predicted octanol–water partition coefficient (Wildman–Crippen LogP) is 6.00. The Morgan fingerprint density at radius 2 is 1.74 bits per heavy atom. The highest BCUT2D eigenvalue weighted by Gasteiger charge is 2.19. The van der Waals surface area contributed by atoms with Gasteiger partial charge in [0, 0.05) is 51.4 Å². The summed E-state index contributed by atoms with van der Waals surface area (Å²) in [4.78, 5) is 24.0. The van der Waals surface area contributed by atoms with Crippen molar-refractivity contribution < 1.29 is 4.79 Å². The number of carbonyl (C=O) groups excluding carboxylic acids is 1. The van der Waals surface area contributed by atoms with Crippen molar-refractivity contribution >= 4 is 40.8 Å². The van der Waals surface area contributed by atoms with Crippen molar-refractivity contribution in [2.75, 3.05) is 0 Å². The summed E-state index contributed by atoms with van der Waals surface area (Å²) in [5.74, 6) is 0.619. The molecule has 0 spiro atoms. The number of carbonyl (C=O) groups is 1. The van der Waals surface area contributed by atoms with Crippen molar-refractivity contribution in [3.63, 3.8) is 0 Å². The number of benzene rings is 3. The minimum atomic E-state index is -0.149. The summed E-state index contributed by atoms with van der Waals surface area (Å²) in [6.45, 7) is 1.02. The SMILES string of the molecule is O=C(NCc1cccnc1)c1ccc2c(c1)N=C(NCc1ccc(Cl)cc1)c1ccccc1S2. The van der Waals surface area contributed by atoms with E-state index in [1.54, 1.807) is 24.2 Å². The zero-order chi connectivity index (χ0) is 23.3. The summed E-state index contributed by atoms with van der Waals surface area (Å²) in [5, 5.41) is 7.14. The molecule has 3 aromatic carbocycles. The van der Waals surface area contributed by atoms with E-state index in [0.717, 1.165) is 38.0 Å². The van der Waals surface area contributed by atoms with Crippen LogP contribution in [0.2, 0.25) is 5.02 Å². The van der Waals surface area contributed by atoms with Crippen LogP contribution in [0.15, 0.2) is 106 Å². The molecule has 5 rings (SSSR count). The molecule has 34 heavy (non-hydrogen) atoms. The summed E-state index contributed by atoms with van der Waals surface area (Å²) in [5.41, 5.74) is 4.40. The number of rotatable bonds is 5. The number of pyridine rings is 1. The smallest absolute Gasteiger partial charge is 0.251 e. The van der Waals surface area contributed by atoms with Crippen LogP contribution < -0.4 is 10.6 Å². The van der Waals surface area contributed by atoms with Crippen LogP contribution in [0.1, 0.15) is 27.0 Å². The lowest BCUT2D eigenvalue weighted by atomic mass is 10.1. The van der Waals surface area contributed by atoms with Crippen molar-refractivity contribution in [2.45, 2.75) is 22.9 Å². The van der Waals surface area contributed by atoms with Gasteiger partial charge in [0.2, 0.25) is 0 Å². The number of amides is 1. The predicted molar refractivity (Wildman–Crippen MR) is 137 cm³/mol. The van der Waals surface area contributed by atoms with Gasteiger partial charge in [-0.15, -0.1) is 0 Å². The maximum atomic E-state index is 12.8. The van der Waals surface area contributed by atoms with E-state index in [2.05, 4.69) is 27.8 Å². The van der Waals surface area contributed by atoms with Crippen LogP contribution in [-0.2, 0) is 13.1 Å². The van der Waals surface area contributed by atoms with Crippen LogP contribution in [0.5, 0.6) is 0 Å². The monoisotopic (exact) mass is 484 g/mol. The Bertz CT molecular complexity index is 1360. The molecule has 0 bridgehead atoms. The topological polar surface area (TPSA) is 66.4 Å². The Morgan fingerprint density at radius 3 is 2.56 bits per heavy atom. The van der Waals surface area contributed by atoms with Gasteiger partial charge in [-0.05, 0) is 53.6 Å². The summed E-state index contributed by atoms with van der Waals surface area (Å²) in [6, 6.07) is 25.3. The molecule has 0 radical (unpaired) electrons. The summed E-state index contributed by atoms with van der Waals surface area (Å²) in [6.07, 6.45) is 3.46. The van der Waals surface area contributed by atoms with Gasteiger partial charge >= 0.3 is 0 Å². The molecule has 0 saturated heterocycles. The molecule has 1 aromatic heterocycles. The quantitative estimate of drug-likeness (QED) is 0.364. The third-order valence-electron chi connectivity index (χ3n) is 5.36. The van der Waals surface area contributed by atoms with E-state index >= 15 is 0 Å². The largest absolute Gasteiger partial charge is 0.365 e. The lowest BCUT2D eigenvalue weighted by Crippen LogP contribution is -2.24. The Balaban J connectivity index is 1.41. The van der Waals surface area contributed by atoms with Gasteiger partial charge in [0.05, 0.1) is 5.69 Å². The fourth-order valence-electron chi connectivity index (χ4n) is 3.59. The first-order valence-corrected chi connectivity index (χ1v) is 12.0. The molecule has 0 atom stereocenters. The minimum Gasteiger partial charge on any atom is -0.365 e. The molecule has 168 valence electrons. The molecule has 0 unspecified atom stereocenters. The standard InChI is InChI=1S/C27H21ClN4OS/c28-21-10-7-18(8-11-21)16-30-26-22-5-1-2-6-24(22)34-25-12-9-20(14-23(25)32-26)27(33)31-17-19-4-3-13-29-15-19/h1-15H,16-17H2,(H,30,32)(H,31,33). The molecular weight excluding hydrogens is 464 g/mol. The van der Waals surface area contributed by atoms with Gasteiger partial charge in [0.25, 0.3) is 5.91 Å². The Morgan fingerprint density at radius 1 is 0.882 bits per heavy atom. The van der Waals surface area contributed by atoms with E-state index in [1.807, 2.05) is 66.7 Å². The highest BCUT2D eigenvalue weighted by atomic mass is 35.5. The van der Waals surface area contributed by atoms with E-state index in [4.69, 9.17) is 16.6 Å². The molecule has 5 nitrogen and oxygen atoms in total. The summed E-state index contributed by atoms with van der Waals surface area (Å²) in [7, 11) is 0. The molecule has 2 heterocycles. The number of nitrogens with zero attached hydrogens (tertiary/aromatic N) is 2. The van der Waals surface area contributed by atoms with Crippen LogP contribution in [0.25, 0.3) is 0 Å². The first-order valence-electron chi connectivity index (χ1n) is 10.8. The van der Waals surface area contributed by atoms with Crippen LogP contribution in [-0.4, -0.2) is 16.7 Å². The number of amidine groups is 1. The number of aromatic nitrogens is 1. The molecule has 1 aliphatic heterocycles. The third kappa shape index (κ3) is 5.14. The van der Waals surface area contributed by atoms with Crippen molar-refractivity contribution in [3.8, 4) is 0 Å². The zero-order valence-corrected chi connectivity index (χ0v) is 19.7. The number of nitrogens with one attached hydrogen (secondary N) is 2. The van der Waals surface area contributed by atoms with Gasteiger partial charge in [0.15, 0.2) is 0 Å². The normalized spacial score (nSPS) is 12.1. The number of aliphatic imine (C=N–C) groups is 1. The molecule has 1 amide bonds. The van der Waals surface area contributed by atoms with E-state index in [9.17, 15) is 4.79 Å². The number of fused-ring (bicyclic) bond motifs is 2. The zero-order valence-electron chi connectivity index (χ0n) is 18.2. The van der Waals surface area contributed by atoms with Gasteiger partial charge in [-0.1, -0.05) is 59.8 Å². The fraction of sp³-hybridized carbons (Fsp3) is 0.0741. The fourth-order valence-corrected chi connectivity index (χ4v) is 4.72. The molecule has 0 aliphatic carbocycles. The van der Waals surface area contributed by atoms with Gasteiger partial charge in [-0.3, -0.25) is 9.78 Å². The Hall–Kier alpha value is -3.61. The van der Waals surface area contributed by atoms with Crippen molar-refractivity contribution in [1.82, 2.24) is 15.6 Å². The van der Waals surface area contributed by atoms with Gasteiger partial charge in [0.1, 0.15) is 5.84 Å². The van der Waals surface area contributed by atoms with E-state index in [-0.39, 0.29) is 5.91 Å². The molecule has 1 aliphatic rings.